The summed E-state index contributed by atoms with van der Waals surface area (Å²) in [4.78, 5) is 0. The highest BCUT2D eigenvalue weighted by atomic mass is 19.4. The Labute approximate surface area is 75.1 Å². The van der Waals surface area contributed by atoms with Gasteiger partial charge in [0.2, 0.25) is 0 Å². The number of nitrogens with one attached hydrogen (secondary N) is 1. The van der Waals surface area contributed by atoms with Crippen LogP contribution in [0.1, 0.15) is 13.3 Å². The van der Waals surface area contributed by atoms with Gasteiger partial charge in [-0.05, 0) is 18.9 Å². The maximum absolute atomic E-state index is 12.3. The molecule has 78 valence electrons. The highest BCUT2D eigenvalue weighted by Gasteiger charge is 2.46. The van der Waals surface area contributed by atoms with E-state index >= 15 is 0 Å². The van der Waals surface area contributed by atoms with Crippen LogP contribution in [0.2, 0.25) is 0 Å². The largest absolute Gasteiger partial charge is 0.404 e. The lowest BCUT2D eigenvalue weighted by atomic mass is 9.86. The fourth-order valence-electron chi connectivity index (χ4n) is 1.79. The molecular weight excluding hydrogens is 183 g/mol. The van der Waals surface area contributed by atoms with Crippen LogP contribution in [0, 0.1) is 11.8 Å². The van der Waals surface area contributed by atoms with Gasteiger partial charge in [-0.1, -0.05) is 6.92 Å². The molecule has 0 spiro atoms. The average molecular weight is 197 g/mol. The third-order valence-electron chi connectivity index (χ3n) is 2.45. The first kappa shape index (κ1) is 10.8. The molecule has 1 aliphatic heterocycles. The van der Waals surface area contributed by atoms with Gasteiger partial charge in [0.1, 0.15) is 6.04 Å². The van der Waals surface area contributed by atoms with Crippen molar-refractivity contribution < 1.29 is 18.3 Å². The first-order valence-electron chi connectivity index (χ1n) is 4.36. The van der Waals surface area contributed by atoms with Crippen LogP contribution >= 0.6 is 0 Å². The molecule has 1 aliphatic rings. The van der Waals surface area contributed by atoms with Crippen molar-refractivity contribution in [3.8, 4) is 0 Å². The van der Waals surface area contributed by atoms with Crippen LogP contribution in [-0.2, 0) is 0 Å². The van der Waals surface area contributed by atoms with E-state index in [1.165, 1.54) is 0 Å². The quantitative estimate of drug-likeness (QED) is 0.661. The molecule has 0 saturated carbocycles. The summed E-state index contributed by atoms with van der Waals surface area (Å²) in [6.45, 7) is 1.85. The molecule has 3 unspecified atom stereocenters. The Kier molecular flexibility index (Phi) is 3.18. The number of hydrogen-bond acceptors (Lipinski definition) is 2. The van der Waals surface area contributed by atoms with Crippen LogP contribution in [-0.4, -0.2) is 30.5 Å². The van der Waals surface area contributed by atoms with E-state index in [2.05, 4.69) is 5.32 Å². The van der Waals surface area contributed by atoms with Gasteiger partial charge in [0.25, 0.3) is 0 Å². The average Bonchev–Trinajstić information content (AvgIpc) is 2.01. The monoisotopic (exact) mass is 197 g/mol. The fourth-order valence-corrected chi connectivity index (χ4v) is 1.79. The van der Waals surface area contributed by atoms with Crippen molar-refractivity contribution in [1.29, 1.82) is 0 Å². The van der Waals surface area contributed by atoms with E-state index in [9.17, 15) is 13.2 Å². The maximum Gasteiger partial charge on any atom is 0.404 e. The number of halogens is 3. The van der Waals surface area contributed by atoms with Gasteiger partial charge >= 0.3 is 6.18 Å². The van der Waals surface area contributed by atoms with E-state index in [1.54, 1.807) is 0 Å². The molecule has 1 saturated heterocycles. The summed E-state index contributed by atoms with van der Waals surface area (Å²) in [5, 5.41) is 11.2. The molecule has 0 aromatic rings. The molecule has 5 heteroatoms. The van der Waals surface area contributed by atoms with Crippen molar-refractivity contribution in [3.63, 3.8) is 0 Å². The summed E-state index contributed by atoms with van der Waals surface area (Å²) < 4.78 is 37.0. The van der Waals surface area contributed by atoms with Crippen molar-refractivity contribution in [2.75, 3.05) is 13.2 Å². The lowest BCUT2D eigenvalue weighted by molar-refractivity contribution is -0.178. The second-order valence-corrected chi connectivity index (χ2v) is 3.71. The zero-order chi connectivity index (χ0) is 10.1. The standard InChI is InChI=1S/C8H14F3NO/c1-5-2-6(4-13)7(12-3-5)8(9,10)11/h5-7,12-13H,2-4H2,1H3. The van der Waals surface area contributed by atoms with E-state index in [4.69, 9.17) is 5.11 Å². The minimum Gasteiger partial charge on any atom is -0.396 e. The zero-order valence-electron chi connectivity index (χ0n) is 7.43. The van der Waals surface area contributed by atoms with Gasteiger partial charge in [0.05, 0.1) is 0 Å². The molecule has 0 aromatic carbocycles. The van der Waals surface area contributed by atoms with Gasteiger partial charge < -0.3 is 10.4 Å². The van der Waals surface area contributed by atoms with E-state index in [-0.39, 0.29) is 5.92 Å². The van der Waals surface area contributed by atoms with Crippen molar-refractivity contribution >= 4 is 0 Å². The third kappa shape index (κ3) is 2.57. The van der Waals surface area contributed by atoms with Crippen molar-refractivity contribution in [1.82, 2.24) is 5.32 Å². The Hall–Kier alpha value is -0.290. The predicted molar refractivity (Wildman–Crippen MR) is 42.2 cm³/mol. The van der Waals surface area contributed by atoms with Gasteiger partial charge in [0, 0.05) is 12.5 Å². The van der Waals surface area contributed by atoms with Gasteiger partial charge in [-0.15, -0.1) is 0 Å². The van der Waals surface area contributed by atoms with E-state index in [0.29, 0.717) is 13.0 Å². The molecule has 3 atom stereocenters. The molecule has 0 aromatic heterocycles. The lowest BCUT2D eigenvalue weighted by Gasteiger charge is -2.35. The predicted octanol–water partition coefficient (Wildman–Crippen LogP) is 1.16. The maximum atomic E-state index is 12.3. The minimum absolute atomic E-state index is 0.204. The number of hydrogen-bond donors (Lipinski definition) is 2. The van der Waals surface area contributed by atoms with Gasteiger partial charge in [-0.3, -0.25) is 0 Å². The molecule has 1 rings (SSSR count). The van der Waals surface area contributed by atoms with Crippen molar-refractivity contribution in [2.24, 2.45) is 11.8 Å². The molecule has 0 radical (unpaired) electrons. The normalized spacial score (nSPS) is 36.2. The topological polar surface area (TPSA) is 32.3 Å². The number of piperidine rings is 1. The highest BCUT2D eigenvalue weighted by Crippen LogP contribution is 2.31. The molecule has 1 heterocycles. The minimum atomic E-state index is -4.24. The van der Waals surface area contributed by atoms with Crippen LogP contribution < -0.4 is 5.32 Å². The Bertz CT molecular complexity index is 171. The van der Waals surface area contributed by atoms with Crippen LogP contribution in [0.25, 0.3) is 0 Å². The first-order chi connectivity index (χ1) is 5.95. The smallest absolute Gasteiger partial charge is 0.396 e. The Morgan fingerprint density at radius 2 is 2.08 bits per heavy atom. The van der Waals surface area contributed by atoms with Crippen LogP contribution in [0.3, 0.4) is 0 Å². The molecular formula is C8H14F3NO. The number of rotatable bonds is 1. The highest BCUT2D eigenvalue weighted by molar-refractivity contribution is 4.88. The molecule has 1 fully saturated rings. The van der Waals surface area contributed by atoms with Crippen LogP contribution in [0.5, 0.6) is 0 Å². The number of alkyl halides is 3. The summed E-state index contributed by atoms with van der Waals surface area (Å²) >= 11 is 0. The zero-order valence-corrected chi connectivity index (χ0v) is 7.43. The molecule has 2 N–H and O–H groups in total. The Morgan fingerprint density at radius 3 is 2.54 bits per heavy atom. The Morgan fingerprint density at radius 1 is 1.46 bits per heavy atom. The van der Waals surface area contributed by atoms with Crippen LogP contribution in [0.4, 0.5) is 13.2 Å². The number of aliphatic hydroxyl groups excluding tert-OH is 1. The molecule has 0 aliphatic carbocycles. The molecule has 2 nitrogen and oxygen atoms in total. The second-order valence-electron chi connectivity index (χ2n) is 3.71. The van der Waals surface area contributed by atoms with Gasteiger partial charge in [-0.25, -0.2) is 0 Å². The molecule has 0 amide bonds. The van der Waals surface area contributed by atoms with Crippen molar-refractivity contribution in [3.05, 3.63) is 0 Å². The van der Waals surface area contributed by atoms with Gasteiger partial charge in [0.15, 0.2) is 0 Å². The second kappa shape index (κ2) is 3.84. The Balaban J connectivity index is 2.63. The summed E-state index contributed by atoms with van der Waals surface area (Å²) in [7, 11) is 0. The summed E-state index contributed by atoms with van der Waals surface area (Å²) in [6.07, 6.45) is -3.80. The van der Waals surface area contributed by atoms with E-state index < -0.39 is 24.7 Å². The summed E-state index contributed by atoms with van der Waals surface area (Å²) in [6, 6.07) is -1.53. The van der Waals surface area contributed by atoms with Crippen molar-refractivity contribution in [2.45, 2.75) is 25.6 Å². The van der Waals surface area contributed by atoms with E-state index in [0.717, 1.165) is 0 Å². The first-order valence-corrected chi connectivity index (χ1v) is 4.36. The van der Waals surface area contributed by atoms with E-state index in [1.807, 2.05) is 6.92 Å². The molecule has 0 bridgehead atoms. The lowest BCUT2D eigenvalue weighted by Crippen LogP contribution is -2.54. The number of aliphatic hydroxyl groups is 1. The molecule has 13 heavy (non-hydrogen) atoms. The summed E-state index contributed by atoms with van der Waals surface area (Å²) in [5.74, 6) is -0.487. The third-order valence-corrected chi connectivity index (χ3v) is 2.45. The summed E-state index contributed by atoms with van der Waals surface area (Å²) in [5.41, 5.74) is 0. The SMILES string of the molecule is CC1CNC(C(F)(F)F)C(CO)C1. The van der Waals surface area contributed by atoms with Gasteiger partial charge in [-0.2, -0.15) is 13.2 Å². The van der Waals surface area contributed by atoms with Crippen LogP contribution in [0.15, 0.2) is 0 Å². The fraction of sp³-hybridized carbons (Fsp3) is 1.00.